The average molecular weight is 294 g/mol. The van der Waals surface area contributed by atoms with E-state index in [0.717, 1.165) is 37.9 Å². The second-order valence-electron chi connectivity index (χ2n) is 6.57. The van der Waals surface area contributed by atoms with Crippen molar-refractivity contribution in [2.45, 2.75) is 38.5 Å². The zero-order valence-corrected chi connectivity index (χ0v) is 12.7. The first kappa shape index (κ1) is 14.8. The number of hydrogen-bond acceptors (Lipinski definition) is 4. The van der Waals surface area contributed by atoms with Gasteiger partial charge in [-0.05, 0) is 32.1 Å². The van der Waals surface area contributed by atoms with Gasteiger partial charge in [-0.1, -0.05) is 0 Å². The minimum Gasteiger partial charge on any atom is -0.306 e. The molecule has 2 atom stereocenters. The largest absolute Gasteiger partial charge is 0.306 e. The van der Waals surface area contributed by atoms with Crippen molar-refractivity contribution in [1.29, 1.82) is 21.2 Å². The van der Waals surface area contributed by atoms with Crippen LogP contribution in [0.4, 0.5) is 0 Å². The molecule has 0 amide bonds. The van der Waals surface area contributed by atoms with Gasteiger partial charge in [0, 0.05) is 17.9 Å². The fraction of sp³-hybridized carbons (Fsp3) is 0.647. The number of piperidine rings is 1. The Bertz CT molecular complexity index is 634. The second-order valence-corrected chi connectivity index (χ2v) is 6.57. The third-order valence-corrected chi connectivity index (χ3v) is 5.56. The third kappa shape index (κ3) is 1.88. The molecule has 0 aromatic rings. The van der Waals surface area contributed by atoms with Gasteiger partial charge in [0.25, 0.3) is 0 Å². The molecule has 112 valence electrons. The van der Waals surface area contributed by atoms with Crippen LogP contribution in [-0.4, -0.2) is 18.8 Å². The topological polar surface area (TPSA) is 99.7 Å². The number of nitrogens with one attached hydrogen (secondary N) is 2. The lowest BCUT2D eigenvalue weighted by Crippen LogP contribution is -3.11. The van der Waals surface area contributed by atoms with Crippen molar-refractivity contribution >= 4 is 5.71 Å². The third-order valence-electron chi connectivity index (χ3n) is 5.56. The second kappa shape index (κ2) is 5.56. The summed E-state index contributed by atoms with van der Waals surface area (Å²) < 4.78 is 0. The van der Waals surface area contributed by atoms with E-state index in [2.05, 4.69) is 18.2 Å². The van der Waals surface area contributed by atoms with Crippen LogP contribution in [0.2, 0.25) is 0 Å². The maximum atomic E-state index is 9.62. The summed E-state index contributed by atoms with van der Waals surface area (Å²) in [7, 11) is 0. The molecule has 0 radical (unpaired) electrons. The zero-order chi connectivity index (χ0) is 15.7. The zero-order valence-electron chi connectivity index (χ0n) is 12.7. The van der Waals surface area contributed by atoms with E-state index in [0.29, 0.717) is 0 Å². The molecule has 1 saturated heterocycles. The standard InChI is InChI=1S/C17H19N5/c18-9-13-16(21)15-12(17(13,10-19)11-20)5-4-6-14(15)22-7-2-1-3-8-22/h12-13,21H,1-8H2/p+1/t12-,13+/m1/s1. The molecule has 1 aliphatic heterocycles. The number of quaternary nitrogens is 1. The van der Waals surface area contributed by atoms with Crippen molar-refractivity contribution < 1.29 is 4.90 Å². The van der Waals surface area contributed by atoms with Gasteiger partial charge in [-0.25, -0.2) is 0 Å². The van der Waals surface area contributed by atoms with Crippen molar-refractivity contribution in [3.63, 3.8) is 0 Å². The molecule has 0 aromatic heterocycles. The van der Waals surface area contributed by atoms with E-state index in [1.165, 1.54) is 29.9 Å². The highest BCUT2D eigenvalue weighted by molar-refractivity contribution is 6.06. The van der Waals surface area contributed by atoms with Crippen molar-refractivity contribution in [2.24, 2.45) is 17.3 Å². The Hall–Kier alpha value is -2.16. The summed E-state index contributed by atoms with van der Waals surface area (Å²) in [6.07, 6.45) is 6.26. The predicted molar refractivity (Wildman–Crippen MR) is 79.4 cm³/mol. The normalized spacial score (nSPS) is 31.0. The number of fused-ring (bicyclic) bond motifs is 1. The van der Waals surface area contributed by atoms with Crippen LogP contribution in [0.25, 0.3) is 0 Å². The Labute approximate surface area is 130 Å². The maximum Gasteiger partial charge on any atom is 0.172 e. The number of likely N-dealkylation sites (tertiary alicyclic amines) is 1. The fourth-order valence-corrected chi connectivity index (χ4v) is 4.49. The van der Waals surface area contributed by atoms with Crippen LogP contribution in [0.3, 0.4) is 0 Å². The van der Waals surface area contributed by atoms with Crippen LogP contribution in [0.15, 0.2) is 11.3 Å². The summed E-state index contributed by atoms with van der Waals surface area (Å²) in [6.45, 7) is 2.14. The molecule has 3 rings (SSSR count). The molecule has 0 spiro atoms. The molecule has 0 unspecified atom stereocenters. The summed E-state index contributed by atoms with van der Waals surface area (Å²) in [5.74, 6) is -1.15. The highest BCUT2D eigenvalue weighted by Gasteiger charge is 2.60. The van der Waals surface area contributed by atoms with Gasteiger partial charge in [0.2, 0.25) is 0 Å². The molecule has 1 heterocycles. The highest BCUT2D eigenvalue weighted by atomic mass is 15.1. The SMILES string of the molecule is N#C[C@H]1C(=N)C2=C([NH+]3CCCCC3)CCC[C@H]2C1(C#N)C#N. The summed E-state index contributed by atoms with van der Waals surface area (Å²) in [6, 6.07) is 6.30. The van der Waals surface area contributed by atoms with Crippen LogP contribution in [0.5, 0.6) is 0 Å². The van der Waals surface area contributed by atoms with Gasteiger partial charge in [0.05, 0.1) is 37.0 Å². The molecule has 22 heavy (non-hydrogen) atoms. The summed E-state index contributed by atoms with van der Waals surface area (Å²) in [5.41, 5.74) is 0.969. The van der Waals surface area contributed by atoms with Gasteiger partial charge < -0.3 is 10.3 Å². The Balaban J connectivity index is 2.12. The van der Waals surface area contributed by atoms with Crippen LogP contribution >= 0.6 is 0 Å². The molecule has 0 bridgehead atoms. The lowest BCUT2D eigenvalue weighted by molar-refractivity contribution is -0.868. The Kier molecular flexibility index (Phi) is 3.73. The van der Waals surface area contributed by atoms with E-state index < -0.39 is 11.3 Å². The monoisotopic (exact) mass is 294 g/mol. The van der Waals surface area contributed by atoms with Crippen molar-refractivity contribution in [3.8, 4) is 18.2 Å². The first-order chi connectivity index (χ1) is 10.7. The molecule has 3 aliphatic rings. The molecule has 2 N–H and O–H groups in total. The molecule has 1 saturated carbocycles. The maximum absolute atomic E-state index is 9.62. The molecule has 5 nitrogen and oxygen atoms in total. The van der Waals surface area contributed by atoms with E-state index in [1.54, 1.807) is 0 Å². The van der Waals surface area contributed by atoms with E-state index in [4.69, 9.17) is 5.41 Å². The Morgan fingerprint density at radius 2 is 1.73 bits per heavy atom. The van der Waals surface area contributed by atoms with Crippen molar-refractivity contribution in [1.82, 2.24) is 0 Å². The molecule has 2 fully saturated rings. The number of nitriles is 3. The number of allylic oxidation sites excluding steroid dienone is 2. The molecular formula is C17H20N5+. The smallest absolute Gasteiger partial charge is 0.172 e. The summed E-state index contributed by atoms with van der Waals surface area (Å²) in [5, 5.41) is 37.1. The number of nitrogens with zero attached hydrogens (tertiary/aromatic N) is 3. The van der Waals surface area contributed by atoms with E-state index >= 15 is 0 Å². The minimum absolute atomic E-state index is 0.239. The van der Waals surface area contributed by atoms with Gasteiger partial charge in [0.1, 0.15) is 11.6 Å². The van der Waals surface area contributed by atoms with Gasteiger partial charge in [-0.3, -0.25) is 0 Å². The van der Waals surface area contributed by atoms with Crippen molar-refractivity contribution in [3.05, 3.63) is 11.3 Å². The molecular weight excluding hydrogens is 274 g/mol. The first-order valence-corrected chi connectivity index (χ1v) is 8.08. The van der Waals surface area contributed by atoms with Gasteiger partial charge >= 0.3 is 0 Å². The van der Waals surface area contributed by atoms with Crippen LogP contribution in [0, 0.1) is 56.7 Å². The number of rotatable bonds is 1. The predicted octanol–water partition coefficient (Wildman–Crippen LogP) is 1.32. The van der Waals surface area contributed by atoms with Crippen molar-refractivity contribution in [2.75, 3.05) is 13.1 Å². The summed E-state index contributed by atoms with van der Waals surface area (Å²) >= 11 is 0. The number of hydrogen-bond donors (Lipinski definition) is 2. The van der Waals surface area contributed by atoms with Gasteiger partial charge in [0.15, 0.2) is 5.41 Å². The lowest BCUT2D eigenvalue weighted by Gasteiger charge is -2.32. The molecule has 2 aliphatic carbocycles. The van der Waals surface area contributed by atoms with Crippen LogP contribution in [0.1, 0.15) is 38.5 Å². The first-order valence-electron chi connectivity index (χ1n) is 8.08. The fourth-order valence-electron chi connectivity index (χ4n) is 4.49. The lowest BCUT2D eigenvalue weighted by atomic mass is 9.70. The molecule has 5 heteroatoms. The summed E-state index contributed by atoms with van der Waals surface area (Å²) in [4.78, 5) is 1.42. The van der Waals surface area contributed by atoms with E-state index in [-0.39, 0.29) is 11.6 Å². The Morgan fingerprint density at radius 3 is 2.32 bits per heavy atom. The average Bonchev–Trinajstić information content (AvgIpc) is 2.84. The quantitative estimate of drug-likeness (QED) is 0.762. The van der Waals surface area contributed by atoms with E-state index in [1.807, 2.05) is 0 Å². The highest BCUT2D eigenvalue weighted by Crippen LogP contribution is 2.52. The minimum atomic E-state index is -1.36. The van der Waals surface area contributed by atoms with Crippen LogP contribution in [-0.2, 0) is 0 Å². The van der Waals surface area contributed by atoms with E-state index in [9.17, 15) is 15.8 Å². The van der Waals surface area contributed by atoms with Gasteiger partial charge in [-0.2, -0.15) is 15.8 Å². The Morgan fingerprint density at radius 1 is 1.05 bits per heavy atom. The van der Waals surface area contributed by atoms with Crippen LogP contribution < -0.4 is 4.90 Å². The molecule has 0 aromatic carbocycles. The van der Waals surface area contributed by atoms with Gasteiger partial charge in [-0.15, -0.1) is 0 Å².